The van der Waals surface area contributed by atoms with Crippen LogP contribution in [0, 0.1) is 6.92 Å². The quantitative estimate of drug-likeness (QED) is 0.740. The van der Waals surface area contributed by atoms with Gasteiger partial charge in [0.25, 0.3) is 0 Å². The fourth-order valence-electron chi connectivity index (χ4n) is 1.81. The molecule has 1 aromatic heterocycles. The number of aryl methyl sites for hydroxylation is 1. The molecule has 0 saturated heterocycles. The zero-order valence-corrected chi connectivity index (χ0v) is 10.9. The SMILES string of the molecule is Cc1cc(-c2cnccn2)cc(C(C)(C)C)c1. The normalized spacial score (nSPS) is 11.5. The lowest BCUT2D eigenvalue weighted by Gasteiger charge is -2.20. The molecule has 2 rings (SSSR count). The van der Waals surface area contributed by atoms with Crippen molar-refractivity contribution in [1.29, 1.82) is 0 Å². The molecule has 0 amide bonds. The predicted molar refractivity (Wildman–Crippen MR) is 70.9 cm³/mol. The van der Waals surface area contributed by atoms with E-state index in [0.29, 0.717) is 0 Å². The molecule has 0 N–H and O–H groups in total. The molecule has 1 aromatic carbocycles. The highest BCUT2D eigenvalue weighted by molar-refractivity contribution is 5.60. The van der Waals surface area contributed by atoms with Crippen LogP contribution in [0.2, 0.25) is 0 Å². The van der Waals surface area contributed by atoms with Crippen LogP contribution in [-0.4, -0.2) is 9.97 Å². The van der Waals surface area contributed by atoms with Crippen molar-refractivity contribution in [3.63, 3.8) is 0 Å². The second-order valence-corrected chi connectivity index (χ2v) is 5.43. The van der Waals surface area contributed by atoms with E-state index in [-0.39, 0.29) is 5.41 Å². The molecule has 0 bridgehead atoms. The number of rotatable bonds is 1. The lowest BCUT2D eigenvalue weighted by atomic mass is 9.85. The molecule has 0 saturated carbocycles. The van der Waals surface area contributed by atoms with Crippen LogP contribution in [0.25, 0.3) is 11.3 Å². The van der Waals surface area contributed by atoms with Crippen LogP contribution in [0.1, 0.15) is 31.9 Å². The summed E-state index contributed by atoms with van der Waals surface area (Å²) in [5, 5.41) is 0. The molecule has 88 valence electrons. The summed E-state index contributed by atoms with van der Waals surface area (Å²) in [6.07, 6.45) is 5.24. The maximum absolute atomic E-state index is 4.35. The third kappa shape index (κ3) is 2.70. The second kappa shape index (κ2) is 4.28. The fourth-order valence-corrected chi connectivity index (χ4v) is 1.81. The summed E-state index contributed by atoms with van der Waals surface area (Å²) in [6.45, 7) is 8.79. The van der Waals surface area contributed by atoms with Crippen LogP contribution < -0.4 is 0 Å². The van der Waals surface area contributed by atoms with Gasteiger partial charge in [0.1, 0.15) is 0 Å². The number of hydrogen-bond acceptors (Lipinski definition) is 2. The minimum absolute atomic E-state index is 0.156. The summed E-state index contributed by atoms with van der Waals surface area (Å²) in [4.78, 5) is 8.47. The molecular weight excluding hydrogens is 208 g/mol. The Labute approximate surface area is 103 Å². The van der Waals surface area contributed by atoms with Gasteiger partial charge in [-0.05, 0) is 30.0 Å². The van der Waals surface area contributed by atoms with E-state index in [1.807, 2.05) is 0 Å². The van der Waals surface area contributed by atoms with E-state index in [2.05, 4.69) is 55.9 Å². The molecule has 0 spiro atoms. The van der Waals surface area contributed by atoms with Crippen molar-refractivity contribution >= 4 is 0 Å². The van der Waals surface area contributed by atoms with Crippen molar-refractivity contribution in [3.05, 3.63) is 47.9 Å². The van der Waals surface area contributed by atoms with Gasteiger partial charge in [0, 0.05) is 18.0 Å². The van der Waals surface area contributed by atoms with Crippen molar-refractivity contribution in [3.8, 4) is 11.3 Å². The lowest BCUT2D eigenvalue weighted by Crippen LogP contribution is -2.11. The largest absolute Gasteiger partial charge is 0.261 e. The van der Waals surface area contributed by atoms with Crippen LogP contribution in [0.4, 0.5) is 0 Å². The van der Waals surface area contributed by atoms with Gasteiger partial charge in [-0.15, -0.1) is 0 Å². The molecule has 0 aliphatic carbocycles. The van der Waals surface area contributed by atoms with Gasteiger partial charge in [0.05, 0.1) is 11.9 Å². The van der Waals surface area contributed by atoms with Crippen LogP contribution in [0.15, 0.2) is 36.8 Å². The highest BCUT2D eigenvalue weighted by Gasteiger charge is 2.15. The summed E-state index contributed by atoms with van der Waals surface area (Å²) < 4.78 is 0. The van der Waals surface area contributed by atoms with Crippen molar-refractivity contribution in [2.75, 3.05) is 0 Å². The molecule has 0 aliphatic heterocycles. The van der Waals surface area contributed by atoms with Gasteiger partial charge in [-0.25, -0.2) is 0 Å². The number of hydrogen-bond donors (Lipinski definition) is 0. The average molecular weight is 226 g/mol. The van der Waals surface area contributed by atoms with Gasteiger partial charge in [0.2, 0.25) is 0 Å². The monoisotopic (exact) mass is 226 g/mol. The second-order valence-electron chi connectivity index (χ2n) is 5.43. The smallest absolute Gasteiger partial charge is 0.0885 e. The van der Waals surface area contributed by atoms with Crippen LogP contribution in [0.3, 0.4) is 0 Å². The first-order valence-corrected chi connectivity index (χ1v) is 5.85. The molecule has 2 aromatic rings. The van der Waals surface area contributed by atoms with Crippen molar-refractivity contribution in [1.82, 2.24) is 9.97 Å². The topological polar surface area (TPSA) is 25.8 Å². The van der Waals surface area contributed by atoms with E-state index in [1.165, 1.54) is 11.1 Å². The summed E-state index contributed by atoms with van der Waals surface area (Å²) in [5.41, 5.74) is 4.82. The van der Waals surface area contributed by atoms with Crippen molar-refractivity contribution in [2.24, 2.45) is 0 Å². The Morgan fingerprint density at radius 3 is 2.35 bits per heavy atom. The molecule has 2 nitrogen and oxygen atoms in total. The fraction of sp³-hybridized carbons (Fsp3) is 0.333. The molecule has 0 fully saturated rings. The molecule has 0 radical (unpaired) electrons. The van der Waals surface area contributed by atoms with Gasteiger partial charge in [-0.3, -0.25) is 9.97 Å². The Hall–Kier alpha value is -1.70. The van der Waals surface area contributed by atoms with Gasteiger partial charge >= 0.3 is 0 Å². The van der Waals surface area contributed by atoms with Gasteiger partial charge in [0.15, 0.2) is 0 Å². The molecule has 1 heterocycles. The van der Waals surface area contributed by atoms with Crippen molar-refractivity contribution < 1.29 is 0 Å². The molecule has 2 heteroatoms. The van der Waals surface area contributed by atoms with Crippen molar-refractivity contribution in [2.45, 2.75) is 33.1 Å². The Balaban J connectivity index is 2.54. The van der Waals surface area contributed by atoms with Crippen LogP contribution in [0.5, 0.6) is 0 Å². The predicted octanol–water partition coefficient (Wildman–Crippen LogP) is 3.75. The maximum atomic E-state index is 4.35. The lowest BCUT2D eigenvalue weighted by molar-refractivity contribution is 0.590. The number of nitrogens with zero attached hydrogens (tertiary/aromatic N) is 2. The standard InChI is InChI=1S/C15H18N2/c1-11-7-12(14-10-16-5-6-17-14)9-13(8-11)15(2,3)4/h5-10H,1-4H3. The summed E-state index contributed by atoms with van der Waals surface area (Å²) in [7, 11) is 0. The summed E-state index contributed by atoms with van der Waals surface area (Å²) in [5.74, 6) is 0. The zero-order valence-electron chi connectivity index (χ0n) is 10.9. The van der Waals surface area contributed by atoms with E-state index in [4.69, 9.17) is 0 Å². The average Bonchev–Trinajstić information content (AvgIpc) is 2.28. The summed E-state index contributed by atoms with van der Waals surface area (Å²) >= 11 is 0. The minimum Gasteiger partial charge on any atom is -0.261 e. The Bertz CT molecular complexity index is 510. The van der Waals surface area contributed by atoms with E-state index in [1.54, 1.807) is 18.6 Å². The Morgan fingerprint density at radius 2 is 1.76 bits per heavy atom. The van der Waals surface area contributed by atoms with E-state index < -0.39 is 0 Å². The van der Waals surface area contributed by atoms with E-state index >= 15 is 0 Å². The first kappa shape index (κ1) is 11.8. The summed E-state index contributed by atoms with van der Waals surface area (Å²) in [6, 6.07) is 6.59. The minimum atomic E-state index is 0.156. The number of benzene rings is 1. The van der Waals surface area contributed by atoms with Crippen LogP contribution >= 0.6 is 0 Å². The Morgan fingerprint density at radius 1 is 1.00 bits per heavy atom. The molecule has 0 atom stereocenters. The molecular formula is C15H18N2. The molecule has 0 aliphatic rings. The number of aromatic nitrogens is 2. The van der Waals surface area contributed by atoms with Gasteiger partial charge < -0.3 is 0 Å². The Kier molecular flexibility index (Phi) is 2.97. The van der Waals surface area contributed by atoms with Gasteiger partial charge in [-0.2, -0.15) is 0 Å². The van der Waals surface area contributed by atoms with Gasteiger partial charge in [-0.1, -0.05) is 32.4 Å². The van der Waals surface area contributed by atoms with E-state index in [9.17, 15) is 0 Å². The third-order valence-electron chi connectivity index (χ3n) is 2.80. The highest BCUT2D eigenvalue weighted by atomic mass is 14.8. The molecule has 17 heavy (non-hydrogen) atoms. The highest BCUT2D eigenvalue weighted by Crippen LogP contribution is 2.27. The van der Waals surface area contributed by atoms with E-state index in [0.717, 1.165) is 11.3 Å². The zero-order chi connectivity index (χ0) is 12.5. The van der Waals surface area contributed by atoms with Crippen LogP contribution in [-0.2, 0) is 5.41 Å². The maximum Gasteiger partial charge on any atom is 0.0885 e. The first-order valence-electron chi connectivity index (χ1n) is 5.85. The molecule has 0 unspecified atom stereocenters. The first-order chi connectivity index (χ1) is 7.97. The third-order valence-corrected chi connectivity index (χ3v) is 2.80.